The van der Waals surface area contributed by atoms with Crippen LogP contribution in [-0.4, -0.2) is 90.9 Å². The third-order valence-electron chi connectivity index (χ3n) is 11.8. The molecule has 4 fully saturated rings. The summed E-state index contributed by atoms with van der Waals surface area (Å²) >= 11 is 0. The van der Waals surface area contributed by atoms with Crippen molar-refractivity contribution in [3.63, 3.8) is 0 Å². The van der Waals surface area contributed by atoms with Gasteiger partial charge in [0, 0.05) is 43.4 Å². The third kappa shape index (κ3) is 8.36. The van der Waals surface area contributed by atoms with Crippen LogP contribution >= 0.6 is 0 Å². The van der Waals surface area contributed by atoms with Crippen LogP contribution in [0.5, 0.6) is 17.2 Å². The molecule has 10 heteroatoms. The molecule has 3 aromatic carbocycles. The molecule has 0 radical (unpaired) electrons. The van der Waals surface area contributed by atoms with Gasteiger partial charge in [-0.2, -0.15) is 0 Å². The Morgan fingerprint density at radius 3 is 2.55 bits per heavy atom. The van der Waals surface area contributed by atoms with Crippen molar-refractivity contribution in [1.29, 1.82) is 0 Å². The van der Waals surface area contributed by atoms with Crippen molar-refractivity contribution >= 4 is 11.6 Å². The molecule has 0 aromatic heterocycles. The Hall–Kier alpha value is -3.67. The molecule has 51 heavy (non-hydrogen) atoms. The highest BCUT2D eigenvalue weighted by atomic mass is 16.5. The van der Waals surface area contributed by atoms with Crippen LogP contribution in [0, 0.1) is 11.8 Å². The molecule has 0 spiro atoms. The van der Waals surface area contributed by atoms with Gasteiger partial charge < -0.3 is 44.6 Å². The van der Waals surface area contributed by atoms with Gasteiger partial charge in [-0.15, -0.1) is 0 Å². The zero-order chi connectivity index (χ0) is 35.3. The van der Waals surface area contributed by atoms with E-state index in [1.807, 2.05) is 30.3 Å². The van der Waals surface area contributed by atoms with Crippen molar-refractivity contribution < 1.29 is 38.8 Å². The number of hydrogen-bond acceptors (Lipinski definition) is 8. The van der Waals surface area contributed by atoms with Crippen molar-refractivity contribution in [2.24, 2.45) is 11.8 Å². The van der Waals surface area contributed by atoms with Crippen LogP contribution in [0.1, 0.15) is 67.7 Å². The number of aliphatic hydroxyl groups excluding tert-OH is 1. The maximum absolute atomic E-state index is 12.0. The van der Waals surface area contributed by atoms with Gasteiger partial charge in [-0.3, -0.25) is 4.79 Å². The summed E-state index contributed by atoms with van der Waals surface area (Å²) in [5, 5.41) is 38.8. The molecule has 3 atom stereocenters. The van der Waals surface area contributed by atoms with E-state index in [4.69, 9.17) is 14.2 Å². The molecule has 10 nitrogen and oxygen atoms in total. The Morgan fingerprint density at radius 2 is 1.78 bits per heavy atom. The summed E-state index contributed by atoms with van der Waals surface area (Å²) < 4.78 is 19.5. The van der Waals surface area contributed by atoms with Crippen LogP contribution < -0.4 is 20.1 Å². The van der Waals surface area contributed by atoms with Crippen LogP contribution in [0.4, 0.5) is 5.69 Å². The van der Waals surface area contributed by atoms with E-state index in [9.17, 15) is 20.1 Å². The summed E-state index contributed by atoms with van der Waals surface area (Å²) in [5.74, 6) is 1.77. The van der Waals surface area contributed by atoms with E-state index < -0.39 is 11.7 Å². The molecule has 3 saturated heterocycles. The van der Waals surface area contributed by atoms with E-state index in [2.05, 4.69) is 34.9 Å². The maximum Gasteiger partial charge on any atom is 0.262 e. The second-order valence-electron chi connectivity index (χ2n) is 15.2. The number of phenols is 1. The third-order valence-corrected chi connectivity index (χ3v) is 11.8. The van der Waals surface area contributed by atoms with Crippen molar-refractivity contribution in [2.75, 3.05) is 64.4 Å². The van der Waals surface area contributed by atoms with Gasteiger partial charge in [-0.05, 0) is 61.1 Å². The van der Waals surface area contributed by atoms with E-state index in [0.717, 1.165) is 60.1 Å². The van der Waals surface area contributed by atoms with Gasteiger partial charge in [0.2, 0.25) is 0 Å². The SMILES string of the molecule is O=C1COc2c(cc(O)cc2[C@@H](O)CNCCc2ccc(OCCC[N+]34CCC(CC3)[C@@H](OC[C@@](O)(c3ccccc3)C3CCCC3)C4)cc2)N1. The first-order chi connectivity index (χ1) is 24.8. The van der Waals surface area contributed by atoms with Crippen molar-refractivity contribution in [3.05, 3.63) is 83.4 Å². The average Bonchev–Trinajstić information content (AvgIpc) is 3.71. The number of aromatic hydroxyl groups is 1. The summed E-state index contributed by atoms with van der Waals surface area (Å²) in [6.07, 6.45) is 7.97. The molecule has 8 rings (SSSR count). The fraction of sp³-hybridized carbons (Fsp3) is 0.537. The molecule has 5 N–H and O–H groups in total. The number of nitrogens with zero attached hydrogens (tertiary/aromatic N) is 1. The number of piperidine rings is 3. The molecule has 3 aromatic rings. The smallest absolute Gasteiger partial charge is 0.262 e. The normalized spacial score (nSPS) is 24.7. The van der Waals surface area contributed by atoms with E-state index in [0.29, 0.717) is 42.7 Å². The largest absolute Gasteiger partial charge is 0.508 e. The van der Waals surface area contributed by atoms with Gasteiger partial charge in [-0.25, -0.2) is 0 Å². The zero-order valence-electron chi connectivity index (χ0n) is 29.6. The lowest BCUT2D eigenvalue weighted by Gasteiger charge is -2.53. The second kappa shape index (κ2) is 15.9. The van der Waals surface area contributed by atoms with Crippen LogP contribution in [-0.2, 0) is 21.6 Å². The van der Waals surface area contributed by atoms with E-state index >= 15 is 0 Å². The molecule has 274 valence electrons. The van der Waals surface area contributed by atoms with E-state index in [1.54, 1.807) is 0 Å². The van der Waals surface area contributed by atoms with Gasteiger partial charge in [0.15, 0.2) is 6.61 Å². The van der Waals surface area contributed by atoms with Gasteiger partial charge in [-0.1, -0.05) is 55.3 Å². The molecule has 1 aliphatic carbocycles. The molecule has 5 aliphatic rings. The average molecular weight is 701 g/mol. The number of carbonyl (C=O) groups is 1. The molecule has 1 amide bonds. The predicted molar refractivity (Wildman–Crippen MR) is 195 cm³/mol. The first-order valence-electron chi connectivity index (χ1n) is 18.9. The number of anilines is 1. The Balaban J connectivity index is 0.832. The van der Waals surface area contributed by atoms with Crippen LogP contribution in [0.25, 0.3) is 0 Å². The molecular weight excluding hydrogens is 646 g/mol. The van der Waals surface area contributed by atoms with Gasteiger partial charge in [0.1, 0.15) is 35.5 Å². The lowest BCUT2D eigenvalue weighted by molar-refractivity contribution is -0.946. The number of quaternary nitrogens is 1. The fourth-order valence-corrected chi connectivity index (χ4v) is 8.91. The van der Waals surface area contributed by atoms with Crippen LogP contribution in [0.15, 0.2) is 66.7 Å². The number of carbonyl (C=O) groups excluding carboxylic acids is 1. The summed E-state index contributed by atoms with van der Waals surface area (Å²) in [7, 11) is 0. The highest BCUT2D eigenvalue weighted by Gasteiger charge is 2.48. The molecule has 1 saturated carbocycles. The second-order valence-corrected chi connectivity index (χ2v) is 15.2. The molecule has 2 bridgehead atoms. The number of aliphatic hydroxyl groups is 2. The number of amides is 1. The lowest BCUT2D eigenvalue weighted by Crippen LogP contribution is -2.65. The van der Waals surface area contributed by atoms with E-state index in [1.165, 1.54) is 50.9 Å². The summed E-state index contributed by atoms with van der Waals surface area (Å²) in [6.45, 7) is 6.40. The minimum Gasteiger partial charge on any atom is -0.508 e. The molecular formula is C41H54N3O7+. The molecule has 4 aliphatic heterocycles. The summed E-state index contributed by atoms with van der Waals surface area (Å²) in [4.78, 5) is 11.6. The Labute approximate surface area is 301 Å². The van der Waals surface area contributed by atoms with Crippen LogP contribution in [0.2, 0.25) is 0 Å². The molecule has 0 unspecified atom stereocenters. The Kier molecular flexibility index (Phi) is 11.2. The Morgan fingerprint density at radius 1 is 1.02 bits per heavy atom. The number of rotatable bonds is 16. The topological polar surface area (TPSA) is 130 Å². The highest BCUT2D eigenvalue weighted by molar-refractivity contribution is 5.96. The number of benzene rings is 3. The number of fused-ring (bicyclic) bond motifs is 4. The van der Waals surface area contributed by atoms with Crippen LogP contribution in [0.3, 0.4) is 0 Å². The highest BCUT2D eigenvalue weighted by Crippen LogP contribution is 2.43. The quantitative estimate of drug-likeness (QED) is 0.104. The first-order valence-corrected chi connectivity index (χ1v) is 18.9. The molecule has 4 heterocycles. The number of ether oxygens (including phenoxy) is 3. The van der Waals surface area contributed by atoms with Crippen molar-refractivity contribution in [3.8, 4) is 17.2 Å². The van der Waals surface area contributed by atoms with Gasteiger partial charge >= 0.3 is 0 Å². The van der Waals surface area contributed by atoms with Gasteiger partial charge in [0.05, 0.1) is 44.6 Å². The van der Waals surface area contributed by atoms with E-state index in [-0.39, 0.29) is 36.8 Å². The van der Waals surface area contributed by atoms with Crippen molar-refractivity contribution in [2.45, 2.75) is 69.2 Å². The summed E-state index contributed by atoms with van der Waals surface area (Å²) in [5.41, 5.74) is 2.05. The minimum absolute atomic E-state index is 0.0437. The number of nitrogens with one attached hydrogen (secondary N) is 2. The van der Waals surface area contributed by atoms with Crippen molar-refractivity contribution in [1.82, 2.24) is 5.32 Å². The fourth-order valence-electron chi connectivity index (χ4n) is 8.91. The standard InChI is InChI=1S/C41H53N3O7/c45-33-23-35(40-36(24-33)43-39(47)27-50-40)37(46)25-42-18-15-29-11-13-34(14-12-29)49-22-6-19-44-20-16-30(17-21-44)38(26-44)51-28-41(48,32-9-4-5-10-32)31-7-2-1-3-8-31/h1-3,7-8,11-14,23-24,30,32,37-38,42,46,48H,4-6,9-10,15-22,25-28H2,(H-,43,45,47)/p+1/t30?,37-,38-,41+,44?/m0/s1. The van der Waals surface area contributed by atoms with Gasteiger partial charge in [0.25, 0.3) is 5.91 Å². The minimum atomic E-state index is -0.914. The number of phenolic OH excluding ortho intramolecular Hbond substituents is 1. The monoisotopic (exact) mass is 700 g/mol. The Bertz CT molecular complexity index is 1610. The first kappa shape index (κ1) is 35.7. The summed E-state index contributed by atoms with van der Waals surface area (Å²) in [6, 6.07) is 21.3. The maximum atomic E-state index is 12.0. The lowest BCUT2D eigenvalue weighted by atomic mass is 9.80. The number of hydrogen-bond donors (Lipinski definition) is 5. The predicted octanol–water partition coefficient (Wildman–Crippen LogP) is 5.06. The zero-order valence-corrected chi connectivity index (χ0v) is 29.6.